The van der Waals surface area contributed by atoms with Gasteiger partial charge in [0.1, 0.15) is 5.82 Å². The van der Waals surface area contributed by atoms with E-state index in [1.54, 1.807) is 13.1 Å². The normalized spacial score (nSPS) is 20.9. The number of likely N-dealkylation sites (tertiary alicyclic amines) is 1. The zero-order valence-corrected chi connectivity index (χ0v) is 14.5. The number of aryl methyl sites for hydroxylation is 1. The van der Waals surface area contributed by atoms with Crippen LogP contribution < -0.4 is 4.90 Å². The van der Waals surface area contributed by atoms with Crippen molar-refractivity contribution in [3.8, 4) is 11.5 Å². The fourth-order valence-electron chi connectivity index (χ4n) is 3.79. The van der Waals surface area contributed by atoms with Crippen LogP contribution in [0.25, 0.3) is 11.5 Å². The zero-order valence-electron chi connectivity index (χ0n) is 14.5. The lowest BCUT2D eigenvalue weighted by Gasteiger charge is -2.35. The Morgan fingerprint density at radius 1 is 1.24 bits per heavy atom. The van der Waals surface area contributed by atoms with Gasteiger partial charge in [0.15, 0.2) is 5.82 Å². The summed E-state index contributed by atoms with van der Waals surface area (Å²) in [6.45, 7) is 5.21. The molecule has 0 bridgehead atoms. The van der Waals surface area contributed by atoms with Crippen molar-refractivity contribution in [1.29, 1.82) is 0 Å². The van der Waals surface area contributed by atoms with Crippen LogP contribution in [0.4, 0.5) is 5.82 Å². The van der Waals surface area contributed by atoms with Crippen LogP contribution in [0, 0.1) is 12.8 Å². The molecular formula is C18H23N5O2. The summed E-state index contributed by atoms with van der Waals surface area (Å²) in [4.78, 5) is 25.9. The Morgan fingerprint density at radius 2 is 2.08 bits per heavy atom. The van der Waals surface area contributed by atoms with E-state index in [2.05, 4.69) is 20.0 Å². The van der Waals surface area contributed by atoms with Gasteiger partial charge in [-0.1, -0.05) is 5.16 Å². The average Bonchev–Trinajstić information content (AvgIpc) is 3.33. The minimum atomic E-state index is 0.0473. The number of rotatable bonds is 3. The predicted molar refractivity (Wildman–Crippen MR) is 93.0 cm³/mol. The molecule has 1 atom stereocenters. The van der Waals surface area contributed by atoms with Gasteiger partial charge in [0.25, 0.3) is 5.89 Å². The summed E-state index contributed by atoms with van der Waals surface area (Å²) in [5, 5.41) is 3.88. The maximum Gasteiger partial charge on any atom is 0.261 e. The molecule has 2 aromatic heterocycles. The summed E-state index contributed by atoms with van der Waals surface area (Å²) in [6.07, 6.45) is 5.97. The maximum atomic E-state index is 12.8. The molecule has 2 aromatic rings. The van der Waals surface area contributed by atoms with Crippen molar-refractivity contribution in [2.24, 2.45) is 5.92 Å². The summed E-state index contributed by atoms with van der Waals surface area (Å²) in [6, 6.07) is 3.82. The van der Waals surface area contributed by atoms with E-state index in [4.69, 9.17) is 4.52 Å². The molecule has 0 saturated carbocycles. The quantitative estimate of drug-likeness (QED) is 0.852. The van der Waals surface area contributed by atoms with Crippen LogP contribution in [0.2, 0.25) is 0 Å². The van der Waals surface area contributed by atoms with Gasteiger partial charge in [0.2, 0.25) is 5.91 Å². The topological polar surface area (TPSA) is 75.4 Å². The second kappa shape index (κ2) is 6.82. The number of hydrogen-bond donors (Lipinski definition) is 0. The first kappa shape index (κ1) is 16.1. The molecule has 2 aliphatic heterocycles. The van der Waals surface area contributed by atoms with Gasteiger partial charge in [0, 0.05) is 32.4 Å². The number of nitrogens with zero attached hydrogens (tertiary/aromatic N) is 5. The molecule has 0 aliphatic carbocycles. The molecule has 0 radical (unpaired) electrons. The molecule has 2 fully saturated rings. The van der Waals surface area contributed by atoms with Crippen molar-refractivity contribution in [2.45, 2.75) is 32.6 Å². The monoisotopic (exact) mass is 341 g/mol. The largest absolute Gasteiger partial charge is 0.355 e. The molecule has 4 heterocycles. The smallest absolute Gasteiger partial charge is 0.261 e. The molecular weight excluding hydrogens is 318 g/mol. The highest BCUT2D eigenvalue weighted by atomic mass is 16.5. The number of pyridine rings is 1. The van der Waals surface area contributed by atoms with Crippen molar-refractivity contribution in [3.05, 3.63) is 24.2 Å². The van der Waals surface area contributed by atoms with Gasteiger partial charge in [-0.2, -0.15) is 4.98 Å². The molecule has 0 aromatic carbocycles. The van der Waals surface area contributed by atoms with Crippen LogP contribution in [0.1, 0.15) is 31.5 Å². The van der Waals surface area contributed by atoms with Gasteiger partial charge in [0.05, 0.1) is 11.5 Å². The van der Waals surface area contributed by atoms with Crippen LogP contribution in [0.15, 0.2) is 22.9 Å². The van der Waals surface area contributed by atoms with E-state index in [1.165, 1.54) is 0 Å². The number of piperidine rings is 1. The van der Waals surface area contributed by atoms with Crippen molar-refractivity contribution in [3.63, 3.8) is 0 Å². The Balaban J connectivity index is 1.56. The van der Waals surface area contributed by atoms with Gasteiger partial charge >= 0.3 is 0 Å². The Labute approximate surface area is 147 Å². The summed E-state index contributed by atoms with van der Waals surface area (Å²) >= 11 is 0. The van der Waals surface area contributed by atoms with E-state index in [1.807, 2.05) is 17.0 Å². The fourth-order valence-corrected chi connectivity index (χ4v) is 3.79. The van der Waals surface area contributed by atoms with Gasteiger partial charge in [-0.3, -0.25) is 4.79 Å². The minimum Gasteiger partial charge on any atom is -0.355 e. The van der Waals surface area contributed by atoms with Crippen LogP contribution in [0.5, 0.6) is 0 Å². The molecule has 1 amide bonds. The Morgan fingerprint density at radius 3 is 2.84 bits per heavy atom. The van der Waals surface area contributed by atoms with Gasteiger partial charge in [-0.25, -0.2) is 4.98 Å². The first-order valence-corrected chi connectivity index (χ1v) is 9.02. The van der Waals surface area contributed by atoms with Crippen LogP contribution in [0.3, 0.4) is 0 Å². The summed E-state index contributed by atoms with van der Waals surface area (Å²) in [7, 11) is 0. The second-order valence-corrected chi connectivity index (χ2v) is 6.84. The minimum absolute atomic E-state index is 0.0473. The van der Waals surface area contributed by atoms with Crippen molar-refractivity contribution in [1.82, 2.24) is 20.0 Å². The fraction of sp³-hybridized carbons (Fsp3) is 0.556. The molecule has 2 aliphatic rings. The molecule has 2 saturated heterocycles. The van der Waals surface area contributed by atoms with Crippen molar-refractivity contribution < 1.29 is 9.32 Å². The second-order valence-electron chi connectivity index (χ2n) is 6.84. The highest BCUT2D eigenvalue weighted by Crippen LogP contribution is 2.31. The predicted octanol–water partition coefficient (Wildman–Crippen LogP) is 2.28. The highest BCUT2D eigenvalue weighted by molar-refractivity contribution is 5.80. The first-order valence-electron chi connectivity index (χ1n) is 9.02. The summed E-state index contributed by atoms with van der Waals surface area (Å²) in [5.74, 6) is 2.25. The highest BCUT2D eigenvalue weighted by Gasteiger charge is 2.32. The third-order valence-electron chi connectivity index (χ3n) is 5.03. The number of carbonyl (C=O) groups is 1. The molecule has 0 spiro atoms. The van der Waals surface area contributed by atoms with Crippen LogP contribution >= 0.6 is 0 Å². The maximum absolute atomic E-state index is 12.8. The average molecular weight is 341 g/mol. The first-order chi connectivity index (χ1) is 12.2. The van der Waals surface area contributed by atoms with Gasteiger partial charge in [-0.05, 0) is 44.7 Å². The summed E-state index contributed by atoms with van der Waals surface area (Å²) < 4.78 is 5.33. The lowest BCUT2D eigenvalue weighted by atomic mass is 9.96. The van der Waals surface area contributed by atoms with E-state index in [0.717, 1.165) is 56.7 Å². The van der Waals surface area contributed by atoms with E-state index in [0.29, 0.717) is 24.2 Å². The molecule has 0 unspecified atom stereocenters. The Bertz CT molecular complexity index is 753. The van der Waals surface area contributed by atoms with Crippen LogP contribution in [-0.4, -0.2) is 52.1 Å². The third kappa shape index (κ3) is 3.23. The molecule has 25 heavy (non-hydrogen) atoms. The summed E-state index contributed by atoms with van der Waals surface area (Å²) in [5.41, 5.74) is 0.831. The van der Waals surface area contributed by atoms with Gasteiger partial charge in [-0.15, -0.1) is 0 Å². The van der Waals surface area contributed by atoms with Crippen molar-refractivity contribution >= 4 is 11.7 Å². The third-order valence-corrected chi connectivity index (χ3v) is 5.03. The number of amides is 1. The van der Waals surface area contributed by atoms with E-state index < -0.39 is 0 Å². The number of hydrogen-bond acceptors (Lipinski definition) is 6. The molecule has 4 rings (SSSR count). The standard InChI is InChI=1S/C18H23N5O2/c1-13-20-17(25-21-13)15-7-4-8-19-16(15)23-11-5-6-14(12-23)18(24)22-9-2-3-10-22/h4,7-8,14H,2-3,5-6,9-12H2,1H3/t14-/m1/s1. The lowest BCUT2D eigenvalue weighted by molar-refractivity contribution is -0.134. The lowest BCUT2D eigenvalue weighted by Crippen LogP contribution is -2.44. The van der Waals surface area contributed by atoms with E-state index >= 15 is 0 Å². The number of aromatic nitrogens is 3. The molecule has 0 N–H and O–H groups in total. The zero-order chi connectivity index (χ0) is 17.2. The Hall–Kier alpha value is -2.44. The number of anilines is 1. The van der Waals surface area contributed by atoms with Gasteiger partial charge < -0.3 is 14.3 Å². The molecule has 132 valence electrons. The van der Waals surface area contributed by atoms with Crippen molar-refractivity contribution in [2.75, 3.05) is 31.1 Å². The SMILES string of the molecule is Cc1noc(-c2cccnc2N2CCC[C@@H](C(=O)N3CCCC3)C2)n1. The van der Waals surface area contributed by atoms with E-state index in [9.17, 15) is 4.79 Å². The Kier molecular flexibility index (Phi) is 4.38. The van der Waals surface area contributed by atoms with E-state index in [-0.39, 0.29) is 5.92 Å². The van der Waals surface area contributed by atoms with Crippen LogP contribution in [-0.2, 0) is 4.79 Å². The number of carbonyl (C=O) groups excluding carboxylic acids is 1. The molecule has 7 nitrogen and oxygen atoms in total. The molecule has 7 heteroatoms.